The lowest BCUT2D eigenvalue weighted by atomic mass is 9.96. The van der Waals surface area contributed by atoms with Crippen molar-refractivity contribution < 1.29 is 0 Å². The summed E-state index contributed by atoms with van der Waals surface area (Å²) in [5.74, 6) is 1.84. The Bertz CT molecular complexity index is 826. The molecule has 3 heterocycles. The molecule has 0 spiro atoms. The van der Waals surface area contributed by atoms with E-state index < -0.39 is 0 Å². The zero-order valence-electron chi connectivity index (χ0n) is 14.8. The van der Waals surface area contributed by atoms with E-state index in [-0.39, 0.29) is 0 Å². The third-order valence-electron chi connectivity index (χ3n) is 5.13. The van der Waals surface area contributed by atoms with Gasteiger partial charge in [-0.1, -0.05) is 30.3 Å². The van der Waals surface area contributed by atoms with E-state index >= 15 is 0 Å². The highest BCUT2D eigenvalue weighted by atomic mass is 15.4. The number of aromatic nitrogens is 4. The summed E-state index contributed by atoms with van der Waals surface area (Å²) in [4.78, 5) is 11.3. The Kier molecular flexibility index (Phi) is 4.63. The Morgan fingerprint density at radius 1 is 1.16 bits per heavy atom. The number of hydrogen-bond donors (Lipinski definition) is 0. The normalized spacial score (nSPS) is 18.0. The number of hydrogen-bond acceptors (Lipinski definition) is 4. The van der Waals surface area contributed by atoms with Crippen LogP contribution in [-0.2, 0) is 6.42 Å². The van der Waals surface area contributed by atoms with Crippen molar-refractivity contribution in [1.29, 1.82) is 0 Å². The first-order valence-electron chi connectivity index (χ1n) is 9.29. The van der Waals surface area contributed by atoms with Crippen LogP contribution in [0.5, 0.6) is 0 Å². The largest absolute Gasteiger partial charge is 0.353 e. The summed E-state index contributed by atoms with van der Waals surface area (Å²) in [6, 6.07) is 13.5. The fourth-order valence-corrected chi connectivity index (χ4v) is 3.90. The highest BCUT2D eigenvalue weighted by Gasteiger charge is 2.25. The van der Waals surface area contributed by atoms with Crippen molar-refractivity contribution in [3.05, 3.63) is 54.0 Å². The molecule has 4 rings (SSSR count). The first kappa shape index (κ1) is 16.1. The van der Waals surface area contributed by atoms with Gasteiger partial charge in [0.15, 0.2) is 0 Å². The van der Waals surface area contributed by atoms with Gasteiger partial charge in [0.05, 0.1) is 0 Å². The molecular weight excluding hydrogens is 310 g/mol. The van der Waals surface area contributed by atoms with Crippen LogP contribution in [0.25, 0.3) is 5.78 Å². The SMILES string of the molecule is Cc1cc(N2CCCC[C@H]2CCCc2ccccc2)n2ncnc2n1. The molecule has 5 heteroatoms. The third-order valence-corrected chi connectivity index (χ3v) is 5.13. The van der Waals surface area contributed by atoms with Crippen LogP contribution < -0.4 is 4.90 Å². The number of nitrogens with zero attached hydrogens (tertiary/aromatic N) is 5. The Hall–Kier alpha value is -2.43. The number of piperidine rings is 1. The van der Waals surface area contributed by atoms with Crippen molar-refractivity contribution in [3.8, 4) is 0 Å². The van der Waals surface area contributed by atoms with Crippen molar-refractivity contribution >= 4 is 11.6 Å². The number of aryl methyl sites for hydroxylation is 2. The van der Waals surface area contributed by atoms with E-state index in [2.05, 4.69) is 56.4 Å². The molecule has 1 fully saturated rings. The Morgan fingerprint density at radius 2 is 2.04 bits per heavy atom. The first-order chi connectivity index (χ1) is 12.3. The molecule has 130 valence electrons. The molecule has 0 saturated carbocycles. The summed E-state index contributed by atoms with van der Waals surface area (Å²) in [5.41, 5.74) is 2.44. The van der Waals surface area contributed by atoms with Crippen LogP contribution in [0.2, 0.25) is 0 Å². The fraction of sp³-hybridized carbons (Fsp3) is 0.450. The van der Waals surface area contributed by atoms with Crippen molar-refractivity contribution in [2.24, 2.45) is 0 Å². The molecule has 0 N–H and O–H groups in total. The molecule has 1 atom stereocenters. The van der Waals surface area contributed by atoms with Crippen molar-refractivity contribution in [2.75, 3.05) is 11.4 Å². The highest BCUT2D eigenvalue weighted by molar-refractivity contribution is 5.48. The maximum Gasteiger partial charge on any atom is 0.254 e. The highest BCUT2D eigenvalue weighted by Crippen LogP contribution is 2.28. The molecule has 0 aliphatic carbocycles. The zero-order valence-corrected chi connectivity index (χ0v) is 14.8. The molecule has 1 saturated heterocycles. The second kappa shape index (κ2) is 7.21. The maximum atomic E-state index is 4.48. The molecule has 1 aromatic carbocycles. The van der Waals surface area contributed by atoms with E-state index in [9.17, 15) is 0 Å². The minimum Gasteiger partial charge on any atom is -0.353 e. The van der Waals surface area contributed by atoms with Crippen LogP contribution in [-0.4, -0.2) is 32.2 Å². The summed E-state index contributed by atoms with van der Waals surface area (Å²) in [6.45, 7) is 3.13. The molecule has 0 unspecified atom stereocenters. The van der Waals surface area contributed by atoms with Gasteiger partial charge in [-0.05, 0) is 51.0 Å². The molecule has 0 bridgehead atoms. The van der Waals surface area contributed by atoms with E-state index in [4.69, 9.17) is 0 Å². The average molecular weight is 335 g/mol. The Balaban J connectivity index is 1.51. The van der Waals surface area contributed by atoms with Crippen LogP contribution in [0.3, 0.4) is 0 Å². The van der Waals surface area contributed by atoms with Gasteiger partial charge in [0, 0.05) is 24.3 Å². The predicted molar refractivity (Wildman–Crippen MR) is 99.9 cm³/mol. The van der Waals surface area contributed by atoms with E-state index in [1.807, 2.05) is 11.4 Å². The fourth-order valence-electron chi connectivity index (χ4n) is 3.90. The molecule has 1 aliphatic heterocycles. The van der Waals surface area contributed by atoms with Crippen molar-refractivity contribution in [3.63, 3.8) is 0 Å². The lowest BCUT2D eigenvalue weighted by Gasteiger charge is -2.37. The molecule has 0 amide bonds. The monoisotopic (exact) mass is 335 g/mol. The summed E-state index contributed by atoms with van der Waals surface area (Å²) < 4.78 is 1.89. The quantitative estimate of drug-likeness (QED) is 0.711. The van der Waals surface area contributed by atoms with Crippen LogP contribution in [0.4, 0.5) is 5.82 Å². The van der Waals surface area contributed by atoms with E-state index in [0.717, 1.165) is 24.5 Å². The van der Waals surface area contributed by atoms with Crippen LogP contribution in [0, 0.1) is 6.92 Å². The maximum absolute atomic E-state index is 4.48. The van der Waals surface area contributed by atoms with Gasteiger partial charge in [-0.25, -0.2) is 4.98 Å². The number of rotatable bonds is 5. The standard InChI is InChI=1S/C20H25N5/c1-16-14-19(25-20(23-16)21-15-22-25)24-13-6-5-11-18(24)12-7-10-17-8-3-2-4-9-17/h2-4,8-9,14-15,18H,5-7,10-13H2,1H3/t18-/m0/s1. The van der Waals surface area contributed by atoms with Gasteiger partial charge in [0.2, 0.25) is 0 Å². The smallest absolute Gasteiger partial charge is 0.254 e. The molecule has 5 nitrogen and oxygen atoms in total. The first-order valence-corrected chi connectivity index (χ1v) is 9.29. The lowest BCUT2D eigenvalue weighted by molar-refractivity contribution is 0.424. The lowest BCUT2D eigenvalue weighted by Crippen LogP contribution is -2.41. The van der Waals surface area contributed by atoms with E-state index in [1.54, 1.807) is 6.33 Å². The second-order valence-corrected chi connectivity index (χ2v) is 6.95. The third kappa shape index (κ3) is 3.50. The number of fused-ring (bicyclic) bond motifs is 1. The summed E-state index contributed by atoms with van der Waals surface area (Å²) in [6.07, 6.45) is 9.00. The van der Waals surface area contributed by atoms with E-state index in [1.165, 1.54) is 37.7 Å². The number of anilines is 1. The summed E-state index contributed by atoms with van der Waals surface area (Å²) in [5, 5.41) is 4.40. The van der Waals surface area contributed by atoms with Gasteiger partial charge >= 0.3 is 0 Å². The van der Waals surface area contributed by atoms with Crippen molar-refractivity contribution in [2.45, 2.75) is 51.5 Å². The van der Waals surface area contributed by atoms with Gasteiger partial charge in [0.1, 0.15) is 12.1 Å². The van der Waals surface area contributed by atoms with E-state index in [0.29, 0.717) is 11.8 Å². The van der Waals surface area contributed by atoms with Crippen LogP contribution >= 0.6 is 0 Å². The molecule has 2 aromatic heterocycles. The zero-order chi connectivity index (χ0) is 17.1. The van der Waals surface area contributed by atoms with Crippen molar-refractivity contribution in [1.82, 2.24) is 19.6 Å². The summed E-state index contributed by atoms with van der Waals surface area (Å²) >= 11 is 0. The van der Waals surface area contributed by atoms with Gasteiger partial charge < -0.3 is 4.90 Å². The van der Waals surface area contributed by atoms with Gasteiger partial charge in [-0.15, -0.1) is 0 Å². The molecular formula is C20H25N5. The summed E-state index contributed by atoms with van der Waals surface area (Å²) in [7, 11) is 0. The van der Waals surface area contributed by atoms with Gasteiger partial charge in [-0.2, -0.15) is 14.6 Å². The van der Waals surface area contributed by atoms with Gasteiger partial charge in [-0.3, -0.25) is 0 Å². The second-order valence-electron chi connectivity index (χ2n) is 6.95. The Morgan fingerprint density at radius 3 is 2.92 bits per heavy atom. The van der Waals surface area contributed by atoms with Gasteiger partial charge in [0.25, 0.3) is 5.78 Å². The molecule has 1 aliphatic rings. The van der Waals surface area contributed by atoms with Crippen LogP contribution in [0.1, 0.15) is 43.4 Å². The predicted octanol–water partition coefficient (Wildman–Crippen LogP) is 3.81. The topological polar surface area (TPSA) is 46.3 Å². The molecule has 25 heavy (non-hydrogen) atoms. The molecule has 3 aromatic rings. The Labute approximate surface area is 148 Å². The minimum absolute atomic E-state index is 0.576. The number of benzene rings is 1. The average Bonchev–Trinajstić information content (AvgIpc) is 3.11. The minimum atomic E-state index is 0.576. The van der Waals surface area contributed by atoms with Crippen LogP contribution in [0.15, 0.2) is 42.7 Å². The molecule has 0 radical (unpaired) electrons.